The van der Waals surface area contributed by atoms with Gasteiger partial charge < -0.3 is 15.2 Å². The number of hydrogen-bond acceptors (Lipinski definition) is 6. The molecule has 1 unspecified atom stereocenters. The second kappa shape index (κ2) is 6.51. The van der Waals surface area contributed by atoms with Crippen molar-refractivity contribution in [2.24, 2.45) is 0 Å². The standard InChI is InChI=1S/C15H15N3O2S/c19-14(10-20-15-9-17-21-18-15)8-16-13-6-5-11-3-1-2-4-12(11)7-13/h1-7,9,14,16,19H,8,10H2. The fourth-order valence-electron chi connectivity index (χ4n) is 2.00. The quantitative estimate of drug-likeness (QED) is 0.732. The highest BCUT2D eigenvalue weighted by atomic mass is 32.1. The molecule has 0 radical (unpaired) electrons. The third-order valence-corrected chi connectivity index (χ3v) is 3.52. The van der Waals surface area contributed by atoms with E-state index in [4.69, 9.17) is 4.74 Å². The Kier molecular flexibility index (Phi) is 4.28. The van der Waals surface area contributed by atoms with Gasteiger partial charge in [0.25, 0.3) is 0 Å². The van der Waals surface area contributed by atoms with Crippen molar-refractivity contribution < 1.29 is 9.84 Å². The molecule has 0 aliphatic carbocycles. The molecule has 0 aliphatic heterocycles. The molecule has 2 N–H and O–H groups in total. The Bertz CT molecular complexity index is 703. The van der Waals surface area contributed by atoms with Gasteiger partial charge in [-0.3, -0.25) is 0 Å². The van der Waals surface area contributed by atoms with Crippen molar-refractivity contribution in [3.05, 3.63) is 48.7 Å². The van der Waals surface area contributed by atoms with Crippen LogP contribution in [0.1, 0.15) is 0 Å². The largest absolute Gasteiger partial charge is 0.473 e. The number of fused-ring (bicyclic) bond motifs is 1. The van der Waals surface area contributed by atoms with Gasteiger partial charge in [0.05, 0.1) is 11.7 Å². The number of hydrogen-bond donors (Lipinski definition) is 2. The molecule has 2 aromatic carbocycles. The molecular formula is C15H15N3O2S. The van der Waals surface area contributed by atoms with E-state index in [0.29, 0.717) is 12.4 Å². The minimum absolute atomic E-state index is 0.187. The maximum absolute atomic E-state index is 9.89. The Morgan fingerprint density at radius 1 is 1.19 bits per heavy atom. The van der Waals surface area contributed by atoms with Crippen molar-refractivity contribution in [1.82, 2.24) is 8.75 Å². The number of aromatic nitrogens is 2. The lowest BCUT2D eigenvalue weighted by atomic mass is 10.1. The van der Waals surface area contributed by atoms with Crippen molar-refractivity contribution in [3.63, 3.8) is 0 Å². The second-order valence-electron chi connectivity index (χ2n) is 4.65. The molecule has 0 saturated heterocycles. The van der Waals surface area contributed by atoms with E-state index < -0.39 is 6.10 Å². The van der Waals surface area contributed by atoms with Gasteiger partial charge in [0, 0.05) is 12.2 Å². The van der Waals surface area contributed by atoms with Crippen molar-refractivity contribution >= 4 is 28.2 Å². The molecule has 1 heterocycles. The first-order chi connectivity index (χ1) is 10.3. The van der Waals surface area contributed by atoms with Gasteiger partial charge in [-0.2, -0.15) is 4.37 Å². The van der Waals surface area contributed by atoms with Crippen LogP contribution in [0.4, 0.5) is 5.69 Å². The Morgan fingerprint density at radius 3 is 2.86 bits per heavy atom. The summed E-state index contributed by atoms with van der Waals surface area (Å²) in [5.74, 6) is 0.449. The number of ether oxygens (including phenoxy) is 1. The molecular weight excluding hydrogens is 286 g/mol. The zero-order valence-corrected chi connectivity index (χ0v) is 12.1. The van der Waals surface area contributed by atoms with Crippen LogP contribution < -0.4 is 10.1 Å². The Balaban J connectivity index is 1.53. The maximum atomic E-state index is 9.89. The third-order valence-electron chi connectivity index (χ3n) is 3.06. The van der Waals surface area contributed by atoms with Gasteiger partial charge in [0.1, 0.15) is 18.9 Å². The van der Waals surface area contributed by atoms with Gasteiger partial charge in [0.15, 0.2) is 0 Å². The predicted octanol–water partition coefficient (Wildman–Crippen LogP) is 2.54. The van der Waals surface area contributed by atoms with Crippen LogP contribution in [-0.4, -0.2) is 33.1 Å². The summed E-state index contributed by atoms with van der Waals surface area (Å²) >= 11 is 1.08. The van der Waals surface area contributed by atoms with Crippen LogP contribution in [0.5, 0.6) is 5.88 Å². The summed E-state index contributed by atoms with van der Waals surface area (Å²) < 4.78 is 13.1. The molecule has 3 rings (SSSR count). The number of aliphatic hydroxyl groups is 1. The van der Waals surface area contributed by atoms with Gasteiger partial charge in [0.2, 0.25) is 5.88 Å². The number of aliphatic hydroxyl groups excluding tert-OH is 1. The molecule has 3 aromatic rings. The van der Waals surface area contributed by atoms with Crippen LogP contribution >= 0.6 is 11.7 Å². The number of rotatable bonds is 6. The second-order valence-corrected chi connectivity index (χ2v) is 5.21. The molecule has 0 aliphatic rings. The van der Waals surface area contributed by atoms with Crippen LogP contribution in [0.3, 0.4) is 0 Å². The maximum Gasteiger partial charge on any atom is 0.245 e. The molecule has 6 heteroatoms. The van der Waals surface area contributed by atoms with Crippen molar-refractivity contribution in [2.45, 2.75) is 6.10 Å². The van der Waals surface area contributed by atoms with Gasteiger partial charge >= 0.3 is 0 Å². The molecule has 1 atom stereocenters. The van der Waals surface area contributed by atoms with Gasteiger partial charge in [-0.25, -0.2) is 0 Å². The normalized spacial score (nSPS) is 12.2. The van der Waals surface area contributed by atoms with Crippen molar-refractivity contribution in [2.75, 3.05) is 18.5 Å². The monoisotopic (exact) mass is 301 g/mol. The zero-order valence-electron chi connectivity index (χ0n) is 11.3. The first-order valence-electron chi connectivity index (χ1n) is 6.62. The summed E-state index contributed by atoms with van der Waals surface area (Å²) in [5, 5.41) is 15.5. The highest BCUT2D eigenvalue weighted by molar-refractivity contribution is 6.99. The topological polar surface area (TPSA) is 67.3 Å². The van der Waals surface area contributed by atoms with E-state index in [0.717, 1.165) is 17.4 Å². The summed E-state index contributed by atoms with van der Waals surface area (Å²) in [6, 6.07) is 14.3. The van der Waals surface area contributed by atoms with E-state index in [1.807, 2.05) is 18.2 Å². The van der Waals surface area contributed by atoms with Crippen LogP contribution in [0.2, 0.25) is 0 Å². The fourth-order valence-corrected chi connectivity index (χ4v) is 2.36. The minimum atomic E-state index is -0.613. The van der Waals surface area contributed by atoms with E-state index in [9.17, 15) is 5.11 Å². The van der Waals surface area contributed by atoms with Gasteiger partial charge in [-0.05, 0) is 22.9 Å². The van der Waals surface area contributed by atoms with E-state index in [1.54, 1.807) is 0 Å². The first kappa shape index (κ1) is 13.8. The molecule has 108 valence electrons. The average molecular weight is 301 g/mol. The van der Waals surface area contributed by atoms with Crippen LogP contribution in [0.25, 0.3) is 10.8 Å². The summed E-state index contributed by atoms with van der Waals surface area (Å²) in [4.78, 5) is 0. The Morgan fingerprint density at radius 2 is 2.05 bits per heavy atom. The third kappa shape index (κ3) is 3.68. The van der Waals surface area contributed by atoms with E-state index in [2.05, 4.69) is 38.3 Å². The Labute approximate surface area is 126 Å². The lowest BCUT2D eigenvalue weighted by molar-refractivity contribution is 0.115. The first-order valence-corrected chi connectivity index (χ1v) is 7.35. The molecule has 0 saturated carbocycles. The average Bonchev–Trinajstić information content (AvgIpc) is 3.04. The molecule has 0 amide bonds. The lowest BCUT2D eigenvalue weighted by Crippen LogP contribution is -2.26. The van der Waals surface area contributed by atoms with E-state index >= 15 is 0 Å². The molecule has 1 aromatic heterocycles. The summed E-state index contributed by atoms with van der Waals surface area (Å²) in [6.45, 7) is 0.599. The van der Waals surface area contributed by atoms with E-state index in [1.165, 1.54) is 17.0 Å². The van der Waals surface area contributed by atoms with E-state index in [-0.39, 0.29) is 6.61 Å². The molecule has 5 nitrogen and oxygen atoms in total. The Hall–Kier alpha value is -2.18. The summed E-state index contributed by atoms with van der Waals surface area (Å²) in [6.07, 6.45) is 0.923. The van der Waals surface area contributed by atoms with Crippen molar-refractivity contribution in [1.29, 1.82) is 0 Å². The summed E-state index contributed by atoms with van der Waals surface area (Å²) in [5.41, 5.74) is 0.975. The highest BCUT2D eigenvalue weighted by Crippen LogP contribution is 2.18. The summed E-state index contributed by atoms with van der Waals surface area (Å²) in [7, 11) is 0. The molecule has 0 bridgehead atoms. The predicted molar refractivity (Wildman–Crippen MR) is 83.8 cm³/mol. The smallest absolute Gasteiger partial charge is 0.245 e. The van der Waals surface area contributed by atoms with Crippen LogP contribution in [0, 0.1) is 0 Å². The number of nitrogens with zero attached hydrogens (tertiary/aromatic N) is 2. The lowest BCUT2D eigenvalue weighted by Gasteiger charge is -2.13. The van der Waals surface area contributed by atoms with Crippen molar-refractivity contribution in [3.8, 4) is 5.88 Å². The van der Waals surface area contributed by atoms with Crippen LogP contribution in [-0.2, 0) is 0 Å². The van der Waals surface area contributed by atoms with Gasteiger partial charge in [-0.1, -0.05) is 30.3 Å². The SMILES string of the molecule is OC(CNc1ccc2ccccc2c1)COc1cnsn1. The highest BCUT2D eigenvalue weighted by Gasteiger charge is 2.06. The fraction of sp³-hybridized carbons (Fsp3) is 0.200. The number of anilines is 1. The zero-order chi connectivity index (χ0) is 14.5. The minimum Gasteiger partial charge on any atom is -0.473 e. The van der Waals surface area contributed by atoms with Gasteiger partial charge in [-0.15, -0.1) is 4.37 Å². The number of benzene rings is 2. The molecule has 0 fully saturated rings. The molecule has 21 heavy (non-hydrogen) atoms. The number of nitrogens with one attached hydrogen (secondary N) is 1. The van der Waals surface area contributed by atoms with Crippen LogP contribution in [0.15, 0.2) is 48.7 Å². The molecule has 0 spiro atoms.